The van der Waals surface area contributed by atoms with Crippen LogP contribution in [0.25, 0.3) is 0 Å². The molecule has 2 aromatic carbocycles. The largest absolute Gasteiger partial charge is 0.372 e. The van der Waals surface area contributed by atoms with Crippen LogP contribution < -0.4 is 10.2 Å². The minimum absolute atomic E-state index is 0.170. The van der Waals surface area contributed by atoms with E-state index in [9.17, 15) is 13.2 Å². The lowest BCUT2D eigenvalue weighted by Gasteiger charge is -2.26. The van der Waals surface area contributed by atoms with Crippen molar-refractivity contribution in [2.24, 2.45) is 0 Å². The van der Waals surface area contributed by atoms with Crippen molar-refractivity contribution >= 4 is 27.3 Å². The Morgan fingerprint density at radius 2 is 1.66 bits per heavy atom. The summed E-state index contributed by atoms with van der Waals surface area (Å²) >= 11 is 0. The van der Waals surface area contributed by atoms with Gasteiger partial charge in [-0.05, 0) is 69.2 Å². The van der Waals surface area contributed by atoms with Crippen LogP contribution in [0.2, 0.25) is 0 Å². The van der Waals surface area contributed by atoms with E-state index in [-0.39, 0.29) is 10.8 Å². The summed E-state index contributed by atoms with van der Waals surface area (Å²) in [5, 5.41) is 2.85. The zero-order chi connectivity index (χ0) is 20.9. The van der Waals surface area contributed by atoms with Gasteiger partial charge in [-0.25, -0.2) is 8.42 Å². The predicted octanol–water partition coefficient (Wildman–Crippen LogP) is 3.96. The molecular formula is C22H29N3O3S. The van der Waals surface area contributed by atoms with Gasteiger partial charge >= 0.3 is 0 Å². The summed E-state index contributed by atoms with van der Waals surface area (Å²) in [5.74, 6) is -0.323. The molecule has 1 N–H and O–H groups in total. The molecule has 1 fully saturated rings. The van der Waals surface area contributed by atoms with Crippen LogP contribution in [0.15, 0.2) is 53.4 Å². The number of hydrogen-bond donors (Lipinski definition) is 1. The molecular weight excluding hydrogens is 386 g/mol. The van der Waals surface area contributed by atoms with Gasteiger partial charge in [-0.3, -0.25) is 4.79 Å². The lowest BCUT2D eigenvalue weighted by atomic mass is 10.2. The fraction of sp³-hybridized carbons (Fsp3) is 0.409. The van der Waals surface area contributed by atoms with Crippen LogP contribution in [0.5, 0.6) is 0 Å². The Morgan fingerprint density at radius 3 is 2.28 bits per heavy atom. The van der Waals surface area contributed by atoms with Crippen LogP contribution in [0.4, 0.5) is 11.4 Å². The number of nitrogens with one attached hydrogen (secondary N) is 1. The predicted molar refractivity (Wildman–Crippen MR) is 117 cm³/mol. The van der Waals surface area contributed by atoms with Crippen LogP contribution in [0.3, 0.4) is 0 Å². The Balaban J connectivity index is 1.74. The molecule has 6 nitrogen and oxygen atoms in total. The molecule has 0 aliphatic carbocycles. The van der Waals surface area contributed by atoms with Crippen molar-refractivity contribution < 1.29 is 13.2 Å². The molecule has 0 aromatic heterocycles. The summed E-state index contributed by atoms with van der Waals surface area (Å²) in [4.78, 5) is 15.1. The average molecular weight is 416 g/mol. The number of carbonyl (C=O) groups excluding carboxylic acids is 1. The molecule has 3 rings (SSSR count). The van der Waals surface area contributed by atoms with E-state index in [1.165, 1.54) is 10.4 Å². The van der Waals surface area contributed by atoms with E-state index in [4.69, 9.17) is 0 Å². The first-order chi connectivity index (χ1) is 14.0. The van der Waals surface area contributed by atoms with Crippen LogP contribution in [-0.4, -0.2) is 44.8 Å². The maximum atomic E-state index is 12.9. The molecule has 1 aliphatic heterocycles. The van der Waals surface area contributed by atoms with Crippen molar-refractivity contribution in [3.05, 3.63) is 54.1 Å². The summed E-state index contributed by atoms with van der Waals surface area (Å²) in [6.45, 7) is 7.12. The van der Waals surface area contributed by atoms with Crippen molar-refractivity contribution in [3.8, 4) is 0 Å². The maximum absolute atomic E-state index is 12.9. The standard InChI is InChI=1S/C22H29N3O3S/c1-3-24(4-2)20-13-11-19(12-14-20)23-22(26)18-9-8-10-21(17-18)29(27,28)25-15-6-5-7-16-25/h8-14,17H,3-7,15-16H2,1-2H3,(H,23,26). The summed E-state index contributed by atoms with van der Waals surface area (Å²) in [6.07, 6.45) is 2.81. The maximum Gasteiger partial charge on any atom is 0.255 e. The highest BCUT2D eigenvalue weighted by Gasteiger charge is 2.26. The van der Waals surface area contributed by atoms with Gasteiger partial charge in [-0.15, -0.1) is 0 Å². The second-order valence-corrected chi connectivity index (χ2v) is 9.10. The van der Waals surface area contributed by atoms with Crippen LogP contribution in [-0.2, 0) is 10.0 Å². The smallest absolute Gasteiger partial charge is 0.255 e. The van der Waals surface area contributed by atoms with E-state index in [1.54, 1.807) is 18.2 Å². The fourth-order valence-corrected chi connectivity index (χ4v) is 5.16. The summed E-state index contributed by atoms with van der Waals surface area (Å²) in [7, 11) is -3.56. The molecule has 2 aromatic rings. The Bertz CT molecular complexity index is 932. The first-order valence-corrected chi connectivity index (χ1v) is 11.7. The van der Waals surface area contributed by atoms with Crippen LogP contribution >= 0.6 is 0 Å². The SMILES string of the molecule is CCN(CC)c1ccc(NC(=O)c2cccc(S(=O)(=O)N3CCCCC3)c2)cc1. The third-order valence-electron chi connectivity index (χ3n) is 5.30. The molecule has 0 unspecified atom stereocenters. The number of hydrogen-bond acceptors (Lipinski definition) is 4. The quantitative estimate of drug-likeness (QED) is 0.743. The number of sulfonamides is 1. The lowest BCUT2D eigenvalue weighted by molar-refractivity contribution is 0.102. The minimum Gasteiger partial charge on any atom is -0.372 e. The van der Waals surface area contributed by atoms with Gasteiger partial charge in [0.2, 0.25) is 10.0 Å². The summed E-state index contributed by atoms with van der Waals surface area (Å²) < 4.78 is 27.2. The van der Waals surface area contributed by atoms with E-state index in [0.29, 0.717) is 24.3 Å². The molecule has 29 heavy (non-hydrogen) atoms. The molecule has 0 spiro atoms. The molecule has 0 bridgehead atoms. The van der Waals surface area contributed by atoms with Gasteiger partial charge in [0.1, 0.15) is 0 Å². The number of rotatable bonds is 7. The molecule has 1 amide bonds. The summed E-state index contributed by atoms with van der Waals surface area (Å²) in [5.41, 5.74) is 2.11. The van der Waals surface area contributed by atoms with Gasteiger partial charge in [0.15, 0.2) is 0 Å². The molecule has 7 heteroatoms. The minimum atomic E-state index is -3.56. The van der Waals surface area contributed by atoms with E-state index in [0.717, 1.165) is 38.0 Å². The zero-order valence-electron chi connectivity index (χ0n) is 17.1. The number of amides is 1. The number of benzene rings is 2. The first kappa shape index (κ1) is 21.3. The number of carbonyl (C=O) groups is 1. The van der Waals surface area contributed by atoms with Gasteiger partial charge < -0.3 is 10.2 Å². The van der Waals surface area contributed by atoms with Gasteiger partial charge in [0.05, 0.1) is 4.90 Å². The van der Waals surface area contributed by atoms with Crippen molar-refractivity contribution in [2.45, 2.75) is 38.0 Å². The highest BCUT2D eigenvalue weighted by Crippen LogP contribution is 2.22. The Morgan fingerprint density at radius 1 is 1.00 bits per heavy atom. The van der Waals surface area contributed by atoms with E-state index < -0.39 is 10.0 Å². The van der Waals surface area contributed by atoms with E-state index >= 15 is 0 Å². The first-order valence-electron chi connectivity index (χ1n) is 10.2. The van der Waals surface area contributed by atoms with Crippen LogP contribution in [0.1, 0.15) is 43.5 Å². The van der Waals surface area contributed by atoms with Gasteiger partial charge in [0.25, 0.3) is 5.91 Å². The Kier molecular flexibility index (Phi) is 6.92. The van der Waals surface area contributed by atoms with Crippen molar-refractivity contribution in [1.82, 2.24) is 4.31 Å². The molecule has 156 valence electrons. The van der Waals surface area contributed by atoms with E-state index in [2.05, 4.69) is 24.1 Å². The molecule has 1 saturated heterocycles. The monoisotopic (exact) mass is 415 g/mol. The average Bonchev–Trinajstić information content (AvgIpc) is 2.76. The van der Waals surface area contributed by atoms with Crippen molar-refractivity contribution in [2.75, 3.05) is 36.4 Å². The van der Waals surface area contributed by atoms with Crippen molar-refractivity contribution in [3.63, 3.8) is 0 Å². The third kappa shape index (κ3) is 4.97. The van der Waals surface area contributed by atoms with Gasteiger partial charge in [-0.2, -0.15) is 4.31 Å². The van der Waals surface area contributed by atoms with Crippen LogP contribution in [0, 0.1) is 0 Å². The highest BCUT2D eigenvalue weighted by atomic mass is 32.2. The normalized spacial score (nSPS) is 15.1. The van der Waals surface area contributed by atoms with Gasteiger partial charge in [0, 0.05) is 43.1 Å². The lowest BCUT2D eigenvalue weighted by Crippen LogP contribution is -2.35. The highest BCUT2D eigenvalue weighted by molar-refractivity contribution is 7.89. The number of nitrogens with zero attached hydrogens (tertiary/aromatic N) is 2. The van der Waals surface area contributed by atoms with Crippen molar-refractivity contribution in [1.29, 1.82) is 0 Å². The third-order valence-corrected chi connectivity index (χ3v) is 7.20. The molecule has 0 saturated carbocycles. The molecule has 1 heterocycles. The Hall–Kier alpha value is -2.38. The number of piperidine rings is 1. The number of anilines is 2. The van der Waals surface area contributed by atoms with E-state index in [1.807, 2.05) is 24.3 Å². The fourth-order valence-electron chi connectivity index (χ4n) is 3.60. The second kappa shape index (κ2) is 9.41. The topological polar surface area (TPSA) is 69.7 Å². The molecule has 0 radical (unpaired) electrons. The molecule has 0 atom stereocenters. The summed E-state index contributed by atoms with van der Waals surface area (Å²) in [6, 6.07) is 13.9. The molecule has 1 aliphatic rings. The second-order valence-electron chi connectivity index (χ2n) is 7.17. The zero-order valence-corrected chi connectivity index (χ0v) is 17.9. The Labute approximate surface area is 173 Å². The van der Waals surface area contributed by atoms with Gasteiger partial charge in [-0.1, -0.05) is 12.5 Å².